The highest BCUT2D eigenvalue weighted by Crippen LogP contribution is 2.25. The first-order valence-electron chi connectivity index (χ1n) is 8.76. The van der Waals surface area contributed by atoms with Crippen molar-refractivity contribution in [3.8, 4) is 0 Å². The second kappa shape index (κ2) is 7.65. The monoisotopic (exact) mass is 370 g/mol. The van der Waals surface area contributed by atoms with Gasteiger partial charge in [-0.1, -0.05) is 30.3 Å². The van der Waals surface area contributed by atoms with Crippen LogP contribution in [-0.4, -0.2) is 49.9 Å². The SMILES string of the molecule is O=c1[nH]cnc2c(CN3C[C@@H](CSCc4ccccc4)[C@H](O)C3)c[nH]c12. The molecule has 1 saturated heterocycles. The molecular weight excluding hydrogens is 348 g/mol. The average Bonchev–Trinajstić information content (AvgIpc) is 3.21. The number of nitrogens with one attached hydrogen (secondary N) is 2. The molecule has 3 aromatic rings. The van der Waals surface area contributed by atoms with Crippen molar-refractivity contribution in [3.05, 3.63) is 64.3 Å². The highest BCUT2D eigenvalue weighted by molar-refractivity contribution is 7.98. The number of aliphatic hydroxyl groups excluding tert-OH is 1. The summed E-state index contributed by atoms with van der Waals surface area (Å²) in [4.78, 5) is 23.9. The van der Waals surface area contributed by atoms with Gasteiger partial charge in [0.05, 0.1) is 17.9 Å². The smallest absolute Gasteiger partial charge is 0.275 e. The van der Waals surface area contributed by atoms with Crippen LogP contribution in [0.25, 0.3) is 11.0 Å². The minimum Gasteiger partial charge on any atom is -0.391 e. The Hall–Kier alpha value is -2.09. The summed E-state index contributed by atoms with van der Waals surface area (Å²) in [7, 11) is 0. The van der Waals surface area contributed by atoms with Gasteiger partial charge in [0.15, 0.2) is 0 Å². The number of β-amino-alcohol motifs (C(OH)–C–C–N with tert-alkyl or cyclic N) is 1. The average molecular weight is 370 g/mol. The number of benzene rings is 1. The molecule has 2 atom stereocenters. The normalized spacial score (nSPS) is 20.8. The predicted molar refractivity (Wildman–Crippen MR) is 104 cm³/mol. The van der Waals surface area contributed by atoms with Crippen LogP contribution in [0.5, 0.6) is 0 Å². The Balaban J connectivity index is 1.34. The lowest BCUT2D eigenvalue weighted by Crippen LogP contribution is -2.21. The zero-order chi connectivity index (χ0) is 17.9. The van der Waals surface area contributed by atoms with Gasteiger partial charge in [0, 0.05) is 48.8 Å². The van der Waals surface area contributed by atoms with E-state index < -0.39 is 0 Å². The number of aliphatic hydroxyl groups is 1. The minimum atomic E-state index is -0.306. The van der Waals surface area contributed by atoms with Crippen LogP contribution in [0.4, 0.5) is 0 Å². The van der Waals surface area contributed by atoms with E-state index in [0.29, 0.717) is 24.1 Å². The van der Waals surface area contributed by atoms with Crippen LogP contribution in [0.3, 0.4) is 0 Å². The predicted octanol–water partition coefficient (Wildman–Crippen LogP) is 1.98. The van der Waals surface area contributed by atoms with E-state index in [1.54, 1.807) is 0 Å². The topological polar surface area (TPSA) is 85.0 Å². The highest BCUT2D eigenvalue weighted by Gasteiger charge is 2.31. The molecule has 1 aliphatic rings. The number of likely N-dealkylation sites (tertiary alicyclic amines) is 1. The van der Waals surface area contributed by atoms with Crippen molar-refractivity contribution in [3.63, 3.8) is 0 Å². The molecule has 3 heterocycles. The Labute approximate surface area is 155 Å². The molecule has 1 aliphatic heterocycles. The molecule has 0 amide bonds. The van der Waals surface area contributed by atoms with Crippen LogP contribution in [0, 0.1) is 5.92 Å². The number of aromatic nitrogens is 3. The zero-order valence-electron chi connectivity index (χ0n) is 14.4. The van der Waals surface area contributed by atoms with Crippen molar-refractivity contribution < 1.29 is 5.11 Å². The molecule has 0 radical (unpaired) electrons. The number of hydrogen-bond acceptors (Lipinski definition) is 5. The summed E-state index contributed by atoms with van der Waals surface area (Å²) in [6.07, 6.45) is 2.97. The van der Waals surface area contributed by atoms with E-state index in [1.165, 1.54) is 11.9 Å². The van der Waals surface area contributed by atoms with Crippen molar-refractivity contribution in [2.45, 2.75) is 18.4 Å². The molecule has 0 spiro atoms. The maximum Gasteiger partial charge on any atom is 0.275 e. The van der Waals surface area contributed by atoms with Crippen molar-refractivity contribution in [2.24, 2.45) is 5.92 Å². The summed E-state index contributed by atoms with van der Waals surface area (Å²) in [5.74, 6) is 2.18. The molecule has 136 valence electrons. The fourth-order valence-electron chi connectivity index (χ4n) is 3.50. The van der Waals surface area contributed by atoms with Crippen molar-refractivity contribution in [1.29, 1.82) is 0 Å². The fourth-order valence-corrected chi connectivity index (χ4v) is 4.68. The van der Waals surface area contributed by atoms with Crippen LogP contribution >= 0.6 is 11.8 Å². The van der Waals surface area contributed by atoms with Crippen molar-refractivity contribution in [1.82, 2.24) is 19.9 Å². The fraction of sp³-hybridized carbons (Fsp3) is 0.368. The van der Waals surface area contributed by atoms with Gasteiger partial charge in [-0.3, -0.25) is 9.69 Å². The van der Waals surface area contributed by atoms with E-state index in [-0.39, 0.29) is 17.6 Å². The Morgan fingerprint density at radius 3 is 2.92 bits per heavy atom. The van der Waals surface area contributed by atoms with Gasteiger partial charge in [-0.05, 0) is 5.56 Å². The zero-order valence-corrected chi connectivity index (χ0v) is 15.2. The summed E-state index contributed by atoms with van der Waals surface area (Å²) in [5, 5.41) is 10.4. The lowest BCUT2D eigenvalue weighted by atomic mass is 10.1. The first kappa shape index (κ1) is 17.3. The highest BCUT2D eigenvalue weighted by atomic mass is 32.2. The van der Waals surface area contributed by atoms with Gasteiger partial charge >= 0.3 is 0 Å². The molecule has 1 aromatic carbocycles. The van der Waals surface area contributed by atoms with Gasteiger partial charge < -0.3 is 15.1 Å². The number of rotatable bonds is 6. The number of nitrogens with zero attached hydrogens (tertiary/aromatic N) is 2. The minimum absolute atomic E-state index is 0.155. The standard InChI is InChI=1S/C19H22N4O2S/c24-16-9-23(7-14-6-20-18-17(14)21-12-22-19(18)25)8-15(16)11-26-10-13-4-2-1-3-5-13/h1-6,12,15-16,20,24H,7-11H2,(H,21,22,25)/t15-,16+/m0/s1. The van der Waals surface area contributed by atoms with Gasteiger partial charge in [0.25, 0.3) is 5.56 Å². The lowest BCUT2D eigenvalue weighted by Gasteiger charge is -2.15. The third-order valence-corrected chi connectivity index (χ3v) is 6.07. The molecular formula is C19H22N4O2S. The molecule has 4 rings (SSSR count). The number of thioether (sulfide) groups is 1. The lowest BCUT2D eigenvalue weighted by molar-refractivity contribution is 0.149. The van der Waals surface area contributed by atoms with E-state index in [1.807, 2.05) is 24.0 Å². The summed E-state index contributed by atoms with van der Waals surface area (Å²) in [6, 6.07) is 10.4. The quantitative estimate of drug-likeness (QED) is 0.618. The van der Waals surface area contributed by atoms with Crippen molar-refractivity contribution >= 4 is 22.8 Å². The molecule has 0 bridgehead atoms. The van der Waals surface area contributed by atoms with Gasteiger partial charge in [0.1, 0.15) is 5.52 Å². The molecule has 7 heteroatoms. The molecule has 0 saturated carbocycles. The van der Waals surface area contributed by atoms with E-state index in [9.17, 15) is 9.90 Å². The van der Waals surface area contributed by atoms with E-state index in [2.05, 4.69) is 44.1 Å². The van der Waals surface area contributed by atoms with Gasteiger partial charge in [-0.25, -0.2) is 4.98 Å². The molecule has 0 aliphatic carbocycles. The summed E-state index contributed by atoms with van der Waals surface area (Å²) < 4.78 is 0. The van der Waals surface area contributed by atoms with Crippen LogP contribution in [0.15, 0.2) is 47.7 Å². The maximum atomic E-state index is 11.8. The molecule has 6 nitrogen and oxygen atoms in total. The molecule has 26 heavy (non-hydrogen) atoms. The van der Waals surface area contributed by atoms with Gasteiger partial charge in [-0.2, -0.15) is 11.8 Å². The summed E-state index contributed by atoms with van der Waals surface area (Å²) in [5.41, 5.74) is 3.38. The second-order valence-electron chi connectivity index (χ2n) is 6.79. The first-order valence-corrected chi connectivity index (χ1v) is 9.92. The van der Waals surface area contributed by atoms with Crippen LogP contribution in [0.1, 0.15) is 11.1 Å². The summed E-state index contributed by atoms with van der Waals surface area (Å²) in [6.45, 7) is 2.21. The molecule has 0 unspecified atom stereocenters. The Kier molecular flexibility index (Phi) is 5.10. The maximum absolute atomic E-state index is 11.8. The number of aromatic amines is 2. The molecule has 2 aromatic heterocycles. The third kappa shape index (κ3) is 3.70. The van der Waals surface area contributed by atoms with Gasteiger partial charge in [-0.15, -0.1) is 0 Å². The van der Waals surface area contributed by atoms with E-state index >= 15 is 0 Å². The van der Waals surface area contributed by atoms with Crippen LogP contribution in [-0.2, 0) is 12.3 Å². The van der Waals surface area contributed by atoms with E-state index in [0.717, 1.165) is 23.6 Å². The van der Waals surface area contributed by atoms with Gasteiger partial charge in [0.2, 0.25) is 0 Å². The van der Waals surface area contributed by atoms with E-state index in [4.69, 9.17) is 0 Å². The number of hydrogen-bond donors (Lipinski definition) is 3. The Bertz CT molecular complexity index is 924. The first-order chi connectivity index (χ1) is 12.7. The largest absolute Gasteiger partial charge is 0.391 e. The molecule has 3 N–H and O–H groups in total. The van der Waals surface area contributed by atoms with Crippen LogP contribution < -0.4 is 5.56 Å². The van der Waals surface area contributed by atoms with Crippen molar-refractivity contribution in [2.75, 3.05) is 18.8 Å². The summed E-state index contributed by atoms with van der Waals surface area (Å²) >= 11 is 1.87. The Morgan fingerprint density at radius 2 is 2.08 bits per heavy atom. The third-order valence-electron chi connectivity index (χ3n) is 4.87. The number of H-pyrrole nitrogens is 2. The van der Waals surface area contributed by atoms with Crippen LogP contribution in [0.2, 0.25) is 0 Å². The second-order valence-corrected chi connectivity index (χ2v) is 7.82. The Morgan fingerprint density at radius 1 is 1.23 bits per heavy atom. The number of fused-ring (bicyclic) bond motifs is 1. The molecule has 1 fully saturated rings.